The molecular weight excluding hydrogens is 286 g/mol. The van der Waals surface area contributed by atoms with E-state index in [0.717, 1.165) is 21.6 Å². The first-order valence-corrected chi connectivity index (χ1v) is 6.58. The normalized spacial score (nSPS) is 13.9. The van der Waals surface area contributed by atoms with E-state index in [1.165, 1.54) is 5.57 Å². The summed E-state index contributed by atoms with van der Waals surface area (Å²) >= 11 is 9.43. The van der Waals surface area contributed by atoms with Gasteiger partial charge in [0.05, 0.1) is 5.02 Å². The lowest BCUT2D eigenvalue weighted by atomic mass is 10.1. The van der Waals surface area contributed by atoms with Gasteiger partial charge in [-0.15, -0.1) is 0 Å². The minimum absolute atomic E-state index is 0.396. The van der Waals surface area contributed by atoms with E-state index in [2.05, 4.69) is 54.2 Å². The SMILES string of the molecule is CCNC(C)/C(C)=C/c1ccc(Br)c(Cl)c1. The maximum Gasteiger partial charge on any atom is 0.0554 e. The molecule has 0 heterocycles. The van der Waals surface area contributed by atoms with Gasteiger partial charge in [0.25, 0.3) is 0 Å². The molecule has 0 aliphatic rings. The lowest BCUT2D eigenvalue weighted by molar-refractivity contribution is 0.636. The maximum atomic E-state index is 6.05. The molecule has 0 aliphatic heterocycles. The summed E-state index contributed by atoms with van der Waals surface area (Å²) in [6, 6.07) is 6.39. The van der Waals surface area contributed by atoms with Crippen molar-refractivity contribution < 1.29 is 0 Å². The van der Waals surface area contributed by atoms with Crippen LogP contribution in [0.3, 0.4) is 0 Å². The van der Waals surface area contributed by atoms with E-state index in [9.17, 15) is 0 Å². The predicted octanol–water partition coefficient (Wildman–Crippen LogP) is 4.50. The fourth-order valence-electron chi connectivity index (χ4n) is 1.46. The zero-order chi connectivity index (χ0) is 12.1. The zero-order valence-electron chi connectivity index (χ0n) is 9.85. The second-order valence-corrected chi connectivity index (χ2v) is 5.10. The highest BCUT2D eigenvalue weighted by molar-refractivity contribution is 9.10. The van der Waals surface area contributed by atoms with Crippen molar-refractivity contribution in [1.29, 1.82) is 0 Å². The molecule has 0 saturated carbocycles. The summed E-state index contributed by atoms with van der Waals surface area (Å²) in [5.74, 6) is 0. The van der Waals surface area contributed by atoms with Crippen LogP contribution in [-0.4, -0.2) is 12.6 Å². The van der Waals surface area contributed by atoms with Crippen LogP contribution in [0.4, 0.5) is 0 Å². The molecule has 3 heteroatoms. The Morgan fingerprint density at radius 3 is 2.81 bits per heavy atom. The third-order valence-corrected chi connectivity index (χ3v) is 3.76. The third-order valence-electron chi connectivity index (χ3n) is 2.53. The van der Waals surface area contributed by atoms with Crippen LogP contribution in [0.15, 0.2) is 28.2 Å². The molecule has 0 aliphatic carbocycles. The highest BCUT2D eigenvalue weighted by atomic mass is 79.9. The topological polar surface area (TPSA) is 12.0 Å². The number of halogens is 2. The molecule has 88 valence electrons. The van der Waals surface area contributed by atoms with Gasteiger partial charge in [-0.05, 0) is 54.0 Å². The van der Waals surface area contributed by atoms with E-state index >= 15 is 0 Å². The first kappa shape index (κ1) is 13.8. The molecule has 1 N–H and O–H groups in total. The van der Waals surface area contributed by atoms with Gasteiger partial charge in [0.1, 0.15) is 0 Å². The second kappa shape index (κ2) is 6.43. The van der Waals surface area contributed by atoms with E-state index < -0.39 is 0 Å². The minimum atomic E-state index is 0.396. The van der Waals surface area contributed by atoms with Crippen LogP contribution in [0.5, 0.6) is 0 Å². The van der Waals surface area contributed by atoms with E-state index in [1.807, 2.05) is 12.1 Å². The van der Waals surface area contributed by atoms with E-state index in [-0.39, 0.29) is 0 Å². The lowest BCUT2D eigenvalue weighted by Crippen LogP contribution is -2.26. The molecule has 0 fully saturated rings. The fraction of sp³-hybridized carbons (Fsp3) is 0.385. The summed E-state index contributed by atoms with van der Waals surface area (Å²) in [6.45, 7) is 7.38. The predicted molar refractivity (Wildman–Crippen MR) is 75.9 cm³/mol. The van der Waals surface area contributed by atoms with Crippen LogP contribution >= 0.6 is 27.5 Å². The molecule has 0 aromatic heterocycles. The minimum Gasteiger partial charge on any atom is -0.311 e. The van der Waals surface area contributed by atoms with Crippen LogP contribution in [0.25, 0.3) is 6.08 Å². The molecule has 0 spiro atoms. The summed E-state index contributed by atoms with van der Waals surface area (Å²) < 4.78 is 0.934. The molecule has 1 rings (SSSR count). The van der Waals surface area contributed by atoms with Crippen molar-refractivity contribution in [2.45, 2.75) is 26.8 Å². The fourth-order valence-corrected chi connectivity index (χ4v) is 1.89. The summed E-state index contributed by atoms with van der Waals surface area (Å²) in [5.41, 5.74) is 2.44. The molecule has 16 heavy (non-hydrogen) atoms. The smallest absolute Gasteiger partial charge is 0.0554 e. The standard InChI is InChI=1S/C13H17BrClN/c1-4-16-10(3)9(2)7-11-5-6-12(14)13(15)8-11/h5-8,10,16H,4H2,1-3H3/b9-7+. The third kappa shape index (κ3) is 3.93. The Balaban J connectivity index is 2.85. The van der Waals surface area contributed by atoms with Crippen molar-refractivity contribution in [1.82, 2.24) is 5.32 Å². The van der Waals surface area contributed by atoms with E-state index in [4.69, 9.17) is 11.6 Å². The van der Waals surface area contributed by atoms with Gasteiger partial charge in [-0.3, -0.25) is 0 Å². The maximum absolute atomic E-state index is 6.05. The molecule has 1 unspecified atom stereocenters. The average Bonchev–Trinajstić information content (AvgIpc) is 2.24. The van der Waals surface area contributed by atoms with Crippen LogP contribution < -0.4 is 5.32 Å². The van der Waals surface area contributed by atoms with Gasteiger partial charge in [0.15, 0.2) is 0 Å². The van der Waals surface area contributed by atoms with Crippen molar-refractivity contribution >= 4 is 33.6 Å². The highest BCUT2D eigenvalue weighted by Gasteiger charge is 2.02. The Morgan fingerprint density at radius 1 is 1.56 bits per heavy atom. The van der Waals surface area contributed by atoms with E-state index in [1.54, 1.807) is 0 Å². The number of likely N-dealkylation sites (N-methyl/N-ethyl adjacent to an activating group) is 1. The van der Waals surface area contributed by atoms with Gasteiger partial charge in [-0.1, -0.05) is 36.2 Å². The summed E-state index contributed by atoms with van der Waals surface area (Å²) in [4.78, 5) is 0. The summed E-state index contributed by atoms with van der Waals surface area (Å²) in [6.07, 6.45) is 2.16. The molecule has 1 aromatic rings. The van der Waals surface area contributed by atoms with E-state index in [0.29, 0.717) is 6.04 Å². The zero-order valence-corrected chi connectivity index (χ0v) is 12.2. The summed E-state index contributed by atoms with van der Waals surface area (Å²) in [7, 11) is 0. The molecule has 1 nitrogen and oxygen atoms in total. The van der Waals surface area contributed by atoms with Gasteiger partial charge in [0, 0.05) is 10.5 Å². The van der Waals surface area contributed by atoms with Crippen molar-refractivity contribution in [2.24, 2.45) is 0 Å². The molecule has 1 aromatic carbocycles. The largest absolute Gasteiger partial charge is 0.311 e. The number of hydrogen-bond donors (Lipinski definition) is 1. The first-order chi connectivity index (χ1) is 7.54. The Bertz CT molecular complexity index is 388. The number of nitrogens with one attached hydrogen (secondary N) is 1. The Labute approximate surface area is 111 Å². The Morgan fingerprint density at radius 2 is 2.25 bits per heavy atom. The van der Waals surface area contributed by atoms with Crippen LogP contribution in [0.1, 0.15) is 26.3 Å². The Hall–Kier alpha value is -0.310. The summed E-state index contributed by atoms with van der Waals surface area (Å²) in [5, 5.41) is 4.13. The van der Waals surface area contributed by atoms with Gasteiger partial charge in [0.2, 0.25) is 0 Å². The first-order valence-electron chi connectivity index (χ1n) is 5.41. The van der Waals surface area contributed by atoms with Crippen molar-refractivity contribution in [2.75, 3.05) is 6.54 Å². The van der Waals surface area contributed by atoms with Gasteiger partial charge >= 0.3 is 0 Å². The van der Waals surface area contributed by atoms with Crippen LogP contribution in [0, 0.1) is 0 Å². The Kier molecular flexibility index (Phi) is 5.53. The second-order valence-electron chi connectivity index (χ2n) is 3.84. The van der Waals surface area contributed by atoms with Gasteiger partial charge < -0.3 is 5.32 Å². The molecule has 0 amide bonds. The van der Waals surface area contributed by atoms with Crippen LogP contribution in [-0.2, 0) is 0 Å². The quantitative estimate of drug-likeness (QED) is 0.863. The molecule has 0 bridgehead atoms. The monoisotopic (exact) mass is 301 g/mol. The van der Waals surface area contributed by atoms with Crippen molar-refractivity contribution in [3.8, 4) is 0 Å². The highest BCUT2D eigenvalue weighted by Crippen LogP contribution is 2.24. The average molecular weight is 303 g/mol. The van der Waals surface area contributed by atoms with Crippen molar-refractivity contribution in [3.63, 3.8) is 0 Å². The van der Waals surface area contributed by atoms with Gasteiger partial charge in [-0.25, -0.2) is 0 Å². The van der Waals surface area contributed by atoms with Crippen LogP contribution in [0.2, 0.25) is 5.02 Å². The number of rotatable bonds is 4. The lowest BCUT2D eigenvalue weighted by Gasteiger charge is -2.13. The van der Waals surface area contributed by atoms with Gasteiger partial charge in [-0.2, -0.15) is 0 Å². The molecule has 0 radical (unpaired) electrons. The number of benzene rings is 1. The van der Waals surface area contributed by atoms with Crippen molar-refractivity contribution in [3.05, 3.63) is 38.8 Å². The molecule has 1 atom stereocenters. The molecular formula is C13H17BrClN. The molecule has 0 saturated heterocycles. The number of hydrogen-bond acceptors (Lipinski definition) is 1.